The summed E-state index contributed by atoms with van der Waals surface area (Å²) in [5.74, 6) is 0.326. The van der Waals surface area contributed by atoms with Crippen LogP contribution in [-0.4, -0.2) is 46.1 Å². The van der Waals surface area contributed by atoms with Crippen LogP contribution in [0.3, 0.4) is 0 Å². The summed E-state index contributed by atoms with van der Waals surface area (Å²) in [6.07, 6.45) is 3.81. The van der Waals surface area contributed by atoms with Crippen molar-refractivity contribution in [2.75, 3.05) is 19.8 Å². The maximum Gasteiger partial charge on any atom is 0.266 e. The molecule has 0 radical (unpaired) electrons. The third-order valence-corrected chi connectivity index (χ3v) is 6.01. The predicted molar refractivity (Wildman–Crippen MR) is 106 cm³/mol. The van der Waals surface area contributed by atoms with Gasteiger partial charge in [0.25, 0.3) is 5.91 Å². The van der Waals surface area contributed by atoms with E-state index in [1.54, 1.807) is 23.1 Å². The Labute approximate surface area is 164 Å². The summed E-state index contributed by atoms with van der Waals surface area (Å²) in [6.45, 7) is 3.54. The second-order valence-corrected chi connectivity index (χ2v) is 8.23. The largest absolute Gasteiger partial charge is 0.504 e. The highest BCUT2D eigenvalue weighted by atomic mass is 79.9. The number of ether oxygens (including phenoxy) is 2. The maximum atomic E-state index is 12.7. The lowest BCUT2D eigenvalue weighted by molar-refractivity contribution is -0.123. The molecule has 2 aliphatic heterocycles. The maximum absolute atomic E-state index is 12.7. The number of phenols is 1. The van der Waals surface area contributed by atoms with E-state index in [1.165, 1.54) is 11.8 Å². The molecule has 0 unspecified atom stereocenters. The first-order valence-electron chi connectivity index (χ1n) is 8.02. The monoisotopic (exact) mass is 443 g/mol. The number of thiocarbonyl (C=S) groups is 1. The Morgan fingerprint density at radius 2 is 2.36 bits per heavy atom. The number of nitrogens with zero attached hydrogens (tertiary/aromatic N) is 1. The van der Waals surface area contributed by atoms with E-state index in [2.05, 4.69) is 15.9 Å². The quantitative estimate of drug-likeness (QED) is 0.549. The minimum absolute atomic E-state index is 0.0526. The molecule has 5 nitrogen and oxygen atoms in total. The highest BCUT2D eigenvalue weighted by Gasteiger charge is 2.34. The fraction of sp³-hybridized carbons (Fsp3) is 0.412. The Balaban J connectivity index is 1.82. The zero-order valence-electron chi connectivity index (χ0n) is 13.7. The molecule has 0 aromatic heterocycles. The molecule has 3 rings (SSSR count). The Kier molecular flexibility index (Phi) is 6.04. The first kappa shape index (κ1) is 18.7. The van der Waals surface area contributed by atoms with Gasteiger partial charge in [0.2, 0.25) is 0 Å². The van der Waals surface area contributed by atoms with E-state index in [1.807, 2.05) is 6.92 Å². The van der Waals surface area contributed by atoms with E-state index in [-0.39, 0.29) is 17.8 Å². The van der Waals surface area contributed by atoms with Gasteiger partial charge in [-0.3, -0.25) is 9.69 Å². The Morgan fingerprint density at radius 1 is 1.56 bits per heavy atom. The summed E-state index contributed by atoms with van der Waals surface area (Å²) in [4.78, 5) is 14.9. The summed E-state index contributed by atoms with van der Waals surface area (Å²) in [5.41, 5.74) is 0.749. The van der Waals surface area contributed by atoms with Crippen molar-refractivity contribution >= 4 is 56.2 Å². The molecule has 25 heavy (non-hydrogen) atoms. The lowest BCUT2D eigenvalue weighted by Crippen LogP contribution is -2.35. The molecular formula is C17H18BrNO4S2. The first-order valence-corrected chi connectivity index (χ1v) is 10.0. The highest BCUT2D eigenvalue weighted by Crippen LogP contribution is 2.38. The van der Waals surface area contributed by atoms with Crippen LogP contribution in [0.4, 0.5) is 0 Å². The number of carbonyl (C=O) groups excluding carboxylic acids is 1. The Hall–Kier alpha value is -1.09. The molecule has 1 atom stereocenters. The number of aromatic hydroxyl groups is 1. The average Bonchev–Trinajstić information content (AvgIpc) is 3.16. The molecule has 2 saturated heterocycles. The van der Waals surface area contributed by atoms with Crippen molar-refractivity contribution < 1.29 is 19.4 Å². The molecule has 0 bridgehead atoms. The molecule has 0 saturated carbocycles. The van der Waals surface area contributed by atoms with E-state index in [4.69, 9.17) is 21.7 Å². The summed E-state index contributed by atoms with van der Waals surface area (Å²) >= 11 is 10.1. The number of hydrogen-bond acceptors (Lipinski definition) is 6. The number of hydrogen-bond donors (Lipinski definition) is 1. The fourth-order valence-electron chi connectivity index (χ4n) is 2.73. The van der Waals surface area contributed by atoms with Gasteiger partial charge in [-0.25, -0.2) is 0 Å². The summed E-state index contributed by atoms with van der Waals surface area (Å²) in [5, 5.41) is 9.91. The molecule has 2 fully saturated rings. The van der Waals surface area contributed by atoms with Crippen LogP contribution in [0, 0.1) is 0 Å². The second kappa shape index (κ2) is 8.07. The van der Waals surface area contributed by atoms with Crippen molar-refractivity contribution in [2.45, 2.75) is 25.9 Å². The molecule has 1 amide bonds. The highest BCUT2D eigenvalue weighted by molar-refractivity contribution is 9.10. The van der Waals surface area contributed by atoms with E-state index >= 15 is 0 Å². The topological polar surface area (TPSA) is 59.0 Å². The van der Waals surface area contributed by atoms with Crippen LogP contribution in [0.25, 0.3) is 6.08 Å². The van der Waals surface area contributed by atoms with Gasteiger partial charge < -0.3 is 14.6 Å². The molecule has 2 aliphatic rings. The van der Waals surface area contributed by atoms with Gasteiger partial charge in [0.05, 0.1) is 24.2 Å². The van der Waals surface area contributed by atoms with Crippen LogP contribution in [0.1, 0.15) is 25.3 Å². The van der Waals surface area contributed by atoms with Gasteiger partial charge in [-0.1, -0.05) is 39.9 Å². The summed E-state index contributed by atoms with van der Waals surface area (Å²) in [7, 11) is 0. The number of phenolic OH excluding ortho intramolecular Hbond substituents is 1. The Morgan fingerprint density at radius 3 is 3.04 bits per heavy atom. The second-order valence-electron chi connectivity index (χ2n) is 5.70. The smallest absolute Gasteiger partial charge is 0.266 e. The number of rotatable bonds is 5. The molecule has 8 heteroatoms. The minimum Gasteiger partial charge on any atom is -0.504 e. The van der Waals surface area contributed by atoms with Crippen LogP contribution < -0.4 is 4.74 Å². The van der Waals surface area contributed by atoms with Crippen LogP contribution in [0.15, 0.2) is 21.5 Å². The Bertz CT molecular complexity index is 732. The summed E-state index contributed by atoms with van der Waals surface area (Å²) in [6, 6.07) is 3.26. The number of amides is 1. The van der Waals surface area contributed by atoms with Crippen molar-refractivity contribution in [3.05, 3.63) is 27.1 Å². The first-order chi connectivity index (χ1) is 12.0. The zero-order valence-corrected chi connectivity index (χ0v) is 16.9. The van der Waals surface area contributed by atoms with Gasteiger partial charge in [-0.15, -0.1) is 0 Å². The lowest BCUT2D eigenvalue weighted by atomic mass is 10.1. The number of benzene rings is 1. The number of thioether (sulfide) groups is 1. The van der Waals surface area contributed by atoms with Crippen molar-refractivity contribution in [3.8, 4) is 11.5 Å². The van der Waals surface area contributed by atoms with Crippen molar-refractivity contribution in [1.82, 2.24) is 4.90 Å². The molecule has 1 aromatic rings. The van der Waals surface area contributed by atoms with Gasteiger partial charge in [-0.05, 0) is 43.5 Å². The standard InChI is InChI=1S/C17H18BrNO4S2/c1-2-22-14-6-10(12(18)8-13(14)20)7-15-16(21)19(17(24)25-15)9-11-4-3-5-23-11/h6-8,11,20H,2-5,9H2,1H3/b15-7-/t11-/m0/s1. The van der Waals surface area contributed by atoms with Gasteiger partial charge in [0, 0.05) is 11.1 Å². The third-order valence-electron chi connectivity index (χ3n) is 3.95. The SMILES string of the molecule is CCOc1cc(/C=C2\SC(=S)N(C[C@@H]3CCCO3)C2=O)c(Br)cc1O. The van der Waals surface area contributed by atoms with Crippen LogP contribution >= 0.6 is 39.9 Å². The van der Waals surface area contributed by atoms with Gasteiger partial charge >= 0.3 is 0 Å². The molecule has 1 N–H and O–H groups in total. The van der Waals surface area contributed by atoms with Crippen molar-refractivity contribution in [2.24, 2.45) is 0 Å². The summed E-state index contributed by atoms with van der Waals surface area (Å²) < 4.78 is 12.2. The minimum atomic E-state index is -0.108. The van der Waals surface area contributed by atoms with Crippen molar-refractivity contribution in [1.29, 1.82) is 0 Å². The van der Waals surface area contributed by atoms with Gasteiger partial charge in [0.15, 0.2) is 11.5 Å². The lowest BCUT2D eigenvalue weighted by Gasteiger charge is -2.18. The van der Waals surface area contributed by atoms with Crippen LogP contribution in [-0.2, 0) is 9.53 Å². The van der Waals surface area contributed by atoms with Gasteiger partial charge in [-0.2, -0.15) is 0 Å². The molecule has 1 aromatic carbocycles. The molecule has 0 aliphatic carbocycles. The van der Waals surface area contributed by atoms with Crippen LogP contribution in [0.2, 0.25) is 0 Å². The van der Waals surface area contributed by atoms with Gasteiger partial charge in [0.1, 0.15) is 4.32 Å². The average molecular weight is 444 g/mol. The van der Waals surface area contributed by atoms with E-state index in [0.717, 1.165) is 25.0 Å². The normalized spacial score (nSPS) is 22.2. The molecular weight excluding hydrogens is 426 g/mol. The van der Waals surface area contributed by atoms with E-state index < -0.39 is 0 Å². The molecule has 2 heterocycles. The third kappa shape index (κ3) is 4.19. The fourth-order valence-corrected chi connectivity index (χ4v) is 4.44. The number of halogens is 1. The van der Waals surface area contributed by atoms with Crippen molar-refractivity contribution in [3.63, 3.8) is 0 Å². The number of carbonyl (C=O) groups is 1. The van der Waals surface area contributed by atoms with Crippen LogP contribution in [0.5, 0.6) is 11.5 Å². The molecule has 134 valence electrons. The predicted octanol–water partition coefficient (Wildman–Crippen LogP) is 3.93. The zero-order chi connectivity index (χ0) is 18.0. The van der Waals surface area contributed by atoms with E-state index in [9.17, 15) is 9.90 Å². The van der Waals surface area contributed by atoms with E-state index in [0.29, 0.717) is 32.6 Å². The molecule has 0 spiro atoms.